The fraction of sp³-hybridized carbons (Fsp3) is 0.636. The maximum Gasteiger partial charge on any atom is 0.118 e. The molecule has 1 fully saturated rings. The molecule has 0 N–H and O–H groups in total. The number of hydrogen-bond acceptors (Lipinski definition) is 1. The van der Waals surface area contributed by atoms with Gasteiger partial charge in [-0.3, -0.25) is 0 Å². The third kappa shape index (κ3) is 1.40. The van der Waals surface area contributed by atoms with E-state index in [2.05, 4.69) is 13.0 Å². The summed E-state index contributed by atoms with van der Waals surface area (Å²) in [6.07, 6.45) is 8.40. The van der Waals surface area contributed by atoms with Gasteiger partial charge in [0.05, 0.1) is 6.61 Å². The Labute approximate surface area is 74.1 Å². The van der Waals surface area contributed by atoms with Crippen molar-refractivity contribution in [3.63, 3.8) is 0 Å². The SMILES string of the molecule is CCCCOC1=C2CCC(=C1)C2. The summed E-state index contributed by atoms with van der Waals surface area (Å²) in [5.41, 5.74) is 3.12. The van der Waals surface area contributed by atoms with E-state index < -0.39 is 0 Å². The largest absolute Gasteiger partial charge is 0.494 e. The first-order valence-corrected chi connectivity index (χ1v) is 4.94. The molecule has 0 aromatic rings. The van der Waals surface area contributed by atoms with Crippen LogP contribution in [0.15, 0.2) is 23.0 Å². The molecule has 0 spiro atoms. The van der Waals surface area contributed by atoms with E-state index in [9.17, 15) is 0 Å². The first kappa shape index (κ1) is 7.90. The molecule has 2 aliphatic carbocycles. The van der Waals surface area contributed by atoms with Gasteiger partial charge in [-0.15, -0.1) is 0 Å². The Hall–Kier alpha value is -0.720. The Balaban J connectivity index is 1.86. The van der Waals surface area contributed by atoms with Gasteiger partial charge in [-0.2, -0.15) is 0 Å². The van der Waals surface area contributed by atoms with Crippen molar-refractivity contribution in [2.45, 2.75) is 39.0 Å². The average molecular weight is 164 g/mol. The van der Waals surface area contributed by atoms with Crippen molar-refractivity contribution in [3.05, 3.63) is 23.0 Å². The number of ether oxygens (including phenoxy) is 1. The van der Waals surface area contributed by atoms with Crippen LogP contribution in [-0.4, -0.2) is 6.61 Å². The Morgan fingerprint density at radius 2 is 2.33 bits per heavy atom. The van der Waals surface area contributed by atoms with Crippen molar-refractivity contribution in [2.24, 2.45) is 0 Å². The lowest BCUT2D eigenvalue weighted by molar-refractivity contribution is 0.216. The summed E-state index contributed by atoms with van der Waals surface area (Å²) < 4.78 is 5.68. The Kier molecular flexibility index (Phi) is 2.20. The number of allylic oxidation sites excluding steroid dienone is 3. The van der Waals surface area contributed by atoms with Crippen molar-refractivity contribution in [3.8, 4) is 0 Å². The minimum atomic E-state index is 0.902. The van der Waals surface area contributed by atoms with Crippen molar-refractivity contribution in [1.29, 1.82) is 0 Å². The molecule has 0 heterocycles. The van der Waals surface area contributed by atoms with Gasteiger partial charge in [-0.25, -0.2) is 0 Å². The lowest BCUT2D eigenvalue weighted by Crippen LogP contribution is -1.95. The third-order valence-corrected chi connectivity index (χ3v) is 2.63. The van der Waals surface area contributed by atoms with Gasteiger partial charge >= 0.3 is 0 Å². The summed E-state index contributed by atoms with van der Waals surface area (Å²) in [4.78, 5) is 0. The monoisotopic (exact) mass is 164 g/mol. The van der Waals surface area contributed by atoms with Gasteiger partial charge < -0.3 is 4.74 Å². The number of rotatable bonds is 4. The molecule has 0 aliphatic heterocycles. The smallest absolute Gasteiger partial charge is 0.118 e. The van der Waals surface area contributed by atoms with Crippen molar-refractivity contribution in [2.75, 3.05) is 6.61 Å². The fourth-order valence-corrected chi connectivity index (χ4v) is 1.85. The Morgan fingerprint density at radius 1 is 1.42 bits per heavy atom. The van der Waals surface area contributed by atoms with Gasteiger partial charge in [-0.1, -0.05) is 18.9 Å². The third-order valence-electron chi connectivity index (χ3n) is 2.63. The van der Waals surface area contributed by atoms with Crippen LogP contribution in [0.4, 0.5) is 0 Å². The molecular formula is C11H16O. The van der Waals surface area contributed by atoms with Gasteiger partial charge in [0.1, 0.15) is 5.76 Å². The van der Waals surface area contributed by atoms with Crippen molar-refractivity contribution in [1.82, 2.24) is 0 Å². The highest BCUT2D eigenvalue weighted by Crippen LogP contribution is 2.39. The van der Waals surface area contributed by atoms with E-state index in [1.165, 1.54) is 37.9 Å². The van der Waals surface area contributed by atoms with Gasteiger partial charge in [0, 0.05) is 0 Å². The van der Waals surface area contributed by atoms with Crippen LogP contribution < -0.4 is 0 Å². The van der Waals surface area contributed by atoms with Crippen LogP contribution in [0.25, 0.3) is 0 Å². The highest BCUT2D eigenvalue weighted by molar-refractivity contribution is 5.40. The average Bonchev–Trinajstić information content (AvgIpc) is 2.65. The molecule has 0 amide bonds. The Morgan fingerprint density at radius 3 is 2.92 bits per heavy atom. The van der Waals surface area contributed by atoms with E-state index in [1.54, 1.807) is 11.1 Å². The quantitative estimate of drug-likeness (QED) is 0.580. The molecule has 1 heteroatoms. The molecule has 66 valence electrons. The molecule has 0 aromatic carbocycles. The molecule has 1 saturated carbocycles. The molecule has 2 rings (SSSR count). The second-order valence-electron chi connectivity index (χ2n) is 3.65. The van der Waals surface area contributed by atoms with Crippen molar-refractivity contribution >= 4 is 0 Å². The summed E-state index contributed by atoms with van der Waals surface area (Å²) in [5, 5.41) is 0. The predicted octanol–water partition coefficient (Wildman–Crippen LogP) is 3.18. The molecule has 0 aromatic heterocycles. The number of hydrogen-bond donors (Lipinski definition) is 0. The molecule has 0 radical (unpaired) electrons. The standard InChI is InChI=1S/C11H16O/c1-2-3-6-12-11-8-9-4-5-10(11)7-9/h8H,2-7H2,1H3. The van der Waals surface area contributed by atoms with E-state index in [1.807, 2.05) is 0 Å². The normalized spacial score (nSPS) is 20.2. The summed E-state index contributed by atoms with van der Waals surface area (Å²) in [6.45, 7) is 3.10. The number of fused-ring (bicyclic) bond motifs is 2. The summed E-state index contributed by atoms with van der Waals surface area (Å²) in [7, 11) is 0. The Bertz CT molecular complexity index is 235. The van der Waals surface area contributed by atoms with Gasteiger partial charge in [0.2, 0.25) is 0 Å². The second kappa shape index (κ2) is 3.34. The first-order valence-electron chi connectivity index (χ1n) is 4.94. The van der Waals surface area contributed by atoms with Crippen LogP contribution in [0.1, 0.15) is 39.0 Å². The maximum atomic E-state index is 5.68. The zero-order valence-electron chi connectivity index (χ0n) is 7.73. The summed E-state index contributed by atoms with van der Waals surface area (Å²) >= 11 is 0. The van der Waals surface area contributed by atoms with E-state index in [4.69, 9.17) is 4.74 Å². The fourth-order valence-electron chi connectivity index (χ4n) is 1.85. The molecule has 1 nitrogen and oxygen atoms in total. The van der Waals surface area contributed by atoms with E-state index >= 15 is 0 Å². The summed E-state index contributed by atoms with van der Waals surface area (Å²) in [5.74, 6) is 1.20. The van der Waals surface area contributed by atoms with Crippen LogP contribution in [0, 0.1) is 0 Å². The molecule has 0 saturated heterocycles. The topological polar surface area (TPSA) is 9.23 Å². The van der Waals surface area contributed by atoms with Crippen LogP contribution in [0.5, 0.6) is 0 Å². The maximum absolute atomic E-state index is 5.68. The molecular weight excluding hydrogens is 148 g/mol. The number of unbranched alkanes of at least 4 members (excludes halogenated alkanes) is 1. The lowest BCUT2D eigenvalue weighted by atomic mass is 10.2. The highest BCUT2D eigenvalue weighted by atomic mass is 16.5. The van der Waals surface area contributed by atoms with E-state index in [0.717, 1.165) is 6.61 Å². The highest BCUT2D eigenvalue weighted by Gasteiger charge is 2.23. The minimum Gasteiger partial charge on any atom is -0.494 e. The minimum absolute atomic E-state index is 0.902. The van der Waals surface area contributed by atoms with Gasteiger partial charge in [0.15, 0.2) is 0 Å². The van der Waals surface area contributed by atoms with Gasteiger partial charge in [0.25, 0.3) is 0 Å². The molecule has 12 heavy (non-hydrogen) atoms. The van der Waals surface area contributed by atoms with Gasteiger partial charge in [-0.05, 0) is 37.3 Å². The zero-order valence-corrected chi connectivity index (χ0v) is 7.73. The van der Waals surface area contributed by atoms with E-state index in [0.29, 0.717) is 0 Å². The predicted molar refractivity (Wildman–Crippen MR) is 49.8 cm³/mol. The van der Waals surface area contributed by atoms with Crippen LogP contribution in [-0.2, 0) is 4.74 Å². The molecule has 0 unspecified atom stereocenters. The zero-order chi connectivity index (χ0) is 8.39. The second-order valence-corrected chi connectivity index (χ2v) is 3.65. The van der Waals surface area contributed by atoms with Crippen LogP contribution >= 0.6 is 0 Å². The molecule has 2 aliphatic rings. The summed E-state index contributed by atoms with van der Waals surface area (Å²) in [6, 6.07) is 0. The first-order chi connectivity index (χ1) is 5.90. The van der Waals surface area contributed by atoms with Crippen molar-refractivity contribution < 1.29 is 4.74 Å². The lowest BCUT2D eigenvalue weighted by Gasteiger charge is -2.08. The van der Waals surface area contributed by atoms with Crippen LogP contribution in [0.2, 0.25) is 0 Å². The molecule has 0 atom stereocenters. The van der Waals surface area contributed by atoms with E-state index in [-0.39, 0.29) is 0 Å². The molecule has 2 bridgehead atoms. The van der Waals surface area contributed by atoms with Crippen LogP contribution in [0.3, 0.4) is 0 Å².